The van der Waals surface area contributed by atoms with Gasteiger partial charge in [0.1, 0.15) is 24.7 Å². The number of hydrogen-bond acceptors (Lipinski definition) is 6. The SMILES string of the molecule is CCOCCOc1cccc(NC(=O)C2CCC(C(=O)Nc3cccc(OCCOCC)c3)CC2)c1. The fraction of sp³-hybridized carbons (Fsp3) is 0.500. The van der Waals surface area contributed by atoms with E-state index < -0.39 is 0 Å². The van der Waals surface area contributed by atoms with Crippen LogP contribution in [0.1, 0.15) is 39.5 Å². The quantitative estimate of drug-likeness (QED) is 0.360. The smallest absolute Gasteiger partial charge is 0.227 e. The van der Waals surface area contributed by atoms with Crippen molar-refractivity contribution in [3.05, 3.63) is 48.5 Å². The third kappa shape index (κ3) is 9.17. The van der Waals surface area contributed by atoms with Crippen LogP contribution in [0.3, 0.4) is 0 Å². The van der Waals surface area contributed by atoms with Gasteiger partial charge < -0.3 is 29.6 Å². The molecule has 2 aromatic carbocycles. The number of nitrogens with one attached hydrogen (secondary N) is 2. The molecule has 2 amide bonds. The summed E-state index contributed by atoms with van der Waals surface area (Å²) in [6.45, 7) is 7.16. The number of carbonyl (C=O) groups excluding carboxylic acids is 2. The van der Waals surface area contributed by atoms with Gasteiger partial charge in [0.2, 0.25) is 11.8 Å². The van der Waals surface area contributed by atoms with E-state index in [4.69, 9.17) is 18.9 Å². The standard InChI is InChI=1S/C28H38N2O6/c1-3-33-15-17-35-25-9-5-7-23(19-25)29-27(31)21-11-13-22(14-12-21)28(32)30-24-8-6-10-26(20-24)36-18-16-34-4-2/h5-10,19-22H,3-4,11-18H2,1-2H3,(H,29,31)(H,30,32). The van der Waals surface area contributed by atoms with E-state index in [1.807, 2.05) is 62.4 Å². The van der Waals surface area contributed by atoms with Crippen molar-refractivity contribution in [1.29, 1.82) is 0 Å². The molecule has 1 aliphatic rings. The van der Waals surface area contributed by atoms with Gasteiger partial charge in [0.15, 0.2) is 0 Å². The van der Waals surface area contributed by atoms with Gasteiger partial charge in [-0.1, -0.05) is 12.1 Å². The maximum Gasteiger partial charge on any atom is 0.227 e. The largest absolute Gasteiger partial charge is 0.491 e. The second-order valence-corrected chi connectivity index (χ2v) is 8.67. The van der Waals surface area contributed by atoms with Gasteiger partial charge in [-0.2, -0.15) is 0 Å². The van der Waals surface area contributed by atoms with E-state index in [9.17, 15) is 9.59 Å². The molecule has 3 rings (SSSR count). The molecule has 2 N–H and O–H groups in total. The molecule has 0 atom stereocenters. The summed E-state index contributed by atoms with van der Waals surface area (Å²) in [5.41, 5.74) is 1.41. The molecule has 8 heteroatoms. The lowest BCUT2D eigenvalue weighted by Crippen LogP contribution is -2.32. The van der Waals surface area contributed by atoms with Crippen LogP contribution in [0.2, 0.25) is 0 Å². The maximum atomic E-state index is 12.8. The molecular weight excluding hydrogens is 460 g/mol. The number of benzene rings is 2. The van der Waals surface area contributed by atoms with Crippen molar-refractivity contribution in [2.24, 2.45) is 11.8 Å². The molecule has 1 fully saturated rings. The van der Waals surface area contributed by atoms with Crippen molar-refractivity contribution in [1.82, 2.24) is 0 Å². The molecule has 0 aromatic heterocycles. The number of rotatable bonds is 14. The summed E-state index contributed by atoms with van der Waals surface area (Å²) in [6.07, 6.45) is 2.70. The summed E-state index contributed by atoms with van der Waals surface area (Å²) in [4.78, 5) is 25.6. The Hall–Kier alpha value is -3.10. The normalized spacial score (nSPS) is 17.3. The number of ether oxygens (including phenoxy) is 4. The van der Waals surface area contributed by atoms with Crippen molar-refractivity contribution in [3.63, 3.8) is 0 Å². The zero-order valence-electron chi connectivity index (χ0n) is 21.3. The predicted octanol–water partition coefficient (Wildman–Crippen LogP) is 4.90. The first-order valence-corrected chi connectivity index (χ1v) is 12.8. The van der Waals surface area contributed by atoms with E-state index in [0.29, 0.717) is 88.2 Å². The molecule has 1 saturated carbocycles. The Morgan fingerprint density at radius 1 is 0.694 bits per heavy atom. The summed E-state index contributed by atoms with van der Waals surface area (Å²) < 4.78 is 21.9. The van der Waals surface area contributed by atoms with Gasteiger partial charge in [-0.25, -0.2) is 0 Å². The molecule has 0 radical (unpaired) electrons. The summed E-state index contributed by atoms with van der Waals surface area (Å²) in [5.74, 6) is 1.13. The lowest BCUT2D eigenvalue weighted by atomic mass is 9.81. The van der Waals surface area contributed by atoms with Gasteiger partial charge >= 0.3 is 0 Å². The molecule has 0 aliphatic heterocycles. The second kappa shape index (κ2) is 15.1. The minimum Gasteiger partial charge on any atom is -0.491 e. The number of hydrogen-bond donors (Lipinski definition) is 2. The third-order valence-corrected chi connectivity index (χ3v) is 6.07. The molecule has 0 bridgehead atoms. The van der Waals surface area contributed by atoms with Gasteiger partial charge in [-0.05, 0) is 63.8 Å². The van der Waals surface area contributed by atoms with Gasteiger partial charge in [0, 0.05) is 48.6 Å². The number of anilines is 2. The molecule has 196 valence electrons. The molecule has 0 spiro atoms. The molecule has 2 aromatic rings. The number of amides is 2. The fourth-order valence-corrected chi connectivity index (χ4v) is 4.16. The van der Waals surface area contributed by atoms with Crippen LogP contribution >= 0.6 is 0 Å². The Morgan fingerprint density at radius 3 is 1.50 bits per heavy atom. The Morgan fingerprint density at radius 2 is 1.11 bits per heavy atom. The molecule has 8 nitrogen and oxygen atoms in total. The second-order valence-electron chi connectivity index (χ2n) is 8.67. The van der Waals surface area contributed by atoms with Crippen molar-refractivity contribution < 1.29 is 28.5 Å². The first-order valence-electron chi connectivity index (χ1n) is 12.8. The zero-order valence-corrected chi connectivity index (χ0v) is 21.3. The summed E-state index contributed by atoms with van der Waals surface area (Å²) >= 11 is 0. The van der Waals surface area contributed by atoms with E-state index in [1.54, 1.807) is 0 Å². The predicted molar refractivity (Wildman–Crippen MR) is 140 cm³/mol. The van der Waals surface area contributed by atoms with E-state index in [0.717, 1.165) is 0 Å². The molecular formula is C28H38N2O6. The van der Waals surface area contributed by atoms with Crippen LogP contribution in [0.5, 0.6) is 11.5 Å². The molecule has 36 heavy (non-hydrogen) atoms. The average molecular weight is 499 g/mol. The molecule has 1 aliphatic carbocycles. The molecule has 0 unspecified atom stereocenters. The van der Waals surface area contributed by atoms with Crippen LogP contribution in [0.4, 0.5) is 11.4 Å². The van der Waals surface area contributed by atoms with Crippen LogP contribution in [0, 0.1) is 11.8 Å². The lowest BCUT2D eigenvalue weighted by molar-refractivity contribution is -0.125. The first kappa shape index (κ1) is 27.5. The summed E-state index contributed by atoms with van der Waals surface area (Å²) in [7, 11) is 0. The van der Waals surface area contributed by atoms with Gasteiger partial charge in [-0.3, -0.25) is 9.59 Å². The maximum absolute atomic E-state index is 12.8. The zero-order chi connectivity index (χ0) is 25.6. The minimum absolute atomic E-state index is 0.0165. The third-order valence-electron chi connectivity index (χ3n) is 6.07. The van der Waals surface area contributed by atoms with Crippen molar-refractivity contribution in [2.75, 3.05) is 50.3 Å². The fourth-order valence-electron chi connectivity index (χ4n) is 4.16. The van der Waals surface area contributed by atoms with Gasteiger partial charge in [0.25, 0.3) is 0 Å². The van der Waals surface area contributed by atoms with Crippen molar-refractivity contribution in [2.45, 2.75) is 39.5 Å². The van der Waals surface area contributed by atoms with Crippen LogP contribution in [0.25, 0.3) is 0 Å². The van der Waals surface area contributed by atoms with Crippen LogP contribution < -0.4 is 20.1 Å². The number of carbonyl (C=O) groups is 2. The Kier molecular flexibility index (Phi) is 11.5. The lowest BCUT2D eigenvalue weighted by Gasteiger charge is -2.27. The van der Waals surface area contributed by atoms with Crippen LogP contribution in [-0.4, -0.2) is 51.5 Å². The molecule has 0 saturated heterocycles. The van der Waals surface area contributed by atoms with Crippen LogP contribution in [0.15, 0.2) is 48.5 Å². The average Bonchev–Trinajstić information content (AvgIpc) is 2.90. The van der Waals surface area contributed by atoms with Crippen molar-refractivity contribution >= 4 is 23.2 Å². The minimum atomic E-state index is -0.112. The van der Waals surface area contributed by atoms with Gasteiger partial charge in [-0.15, -0.1) is 0 Å². The van der Waals surface area contributed by atoms with E-state index in [-0.39, 0.29) is 23.7 Å². The van der Waals surface area contributed by atoms with Gasteiger partial charge in [0.05, 0.1) is 13.2 Å². The highest BCUT2D eigenvalue weighted by Crippen LogP contribution is 2.31. The topological polar surface area (TPSA) is 95.1 Å². The Balaban J connectivity index is 1.42. The van der Waals surface area contributed by atoms with E-state index >= 15 is 0 Å². The first-order chi connectivity index (χ1) is 17.6. The molecule has 0 heterocycles. The van der Waals surface area contributed by atoms with Crippen molar-refractivity contribution in [3.8, 4) is 11.5 Å². The summed E-state index contributed by atoms with van der Waals surface area (Å²) in [6, 6.07) is 14.7. The van der Waals surface area contributed by atoms with Crippen LogP contribution in [-0.2, 0) is 19.1 Å². The highest BCUT2D eigenvalue weighted by Gasteiger charge is 2.30. The summed E-state index contributed by atoms with van der Waals surface area (Å²) in [5, 5.41) is 5.99. The monoisotopic (exact) mass is 498 g/mol. The van der Waals surface area contributed by atoms with E-state index in [1.165, 1.54) is 0 Å². The highest BCUT2D eigenvalue weighted by molar-refractivity contribution is 5.94. The van der Waals surface area contributed by atoms with E-state index in [2.05, 4.69) is 10.6 Å². The highest BCUT2D eigenvalue weighted by atomic mass is 16.5. The Labute approximate surface area is 213 Å². The Bertz CT molecular complexity index is 881.